The Balaban J connectivity index is 0.000000874. The van der Waals surface area contributed by atoms with Crippen LogP contribution in [0.5, 0.6) is 0 Å². The molecule has 3 aliphatic rings. The van der Waals surface area contributed by atoms with Crippen LogP contribution in [0.2, 0.25) is 0 Å². The number of nitrogens with zero attached hydrogens (tertiary/aromatic N) is 6. The second kappa shape index (κ2) is 14.6. The normalized spacial score (nSPS) is 20.7. The molecule has 2 fully saturated rings. The molecular formula is C40H58N6O3. The van der Waals surface area contributed by atoms with Gasteiger partial charge in [0.25, 0.3) is 0 Å². The number of aliphatic hydroxyl groups is 1. The lowest BCUT2D eigenvalue weighted by Crippen LogP contribution is -2.39. The number of carboxylic acids is 1. The van der Waals surface area contributed by atoms with E-state index in [1.807, 2.05) is 6.92 Å². The van der Waals surface area contributed by atoms with E-state index in [4.69, 9.17) is 10.1 Å². The summed E-state index contributed by atoms with van der Waals surface area (Å²) in [6.07, 6.45) is 6.07. The van der Waals surface area contributed by atoms with Crippen molar-refractivity contribution in [3.63, 3.8) is 0 Å². The van der Waals surface area contributed by atoms with Crippen molar-refractivity contribution in [3.8, 4) is 11.1 Å². The third kappa shape index (κ3) is 9.30. The molecule has 2 N–H and O–H groups in total. The minimum Gasteiger partial charge on any atom is -0.481 e. The number of aromatic nitrogens is 3. The minimum atomic E-state index is -0.814. The van der Waals surface area contributed by atoms with Crippen LogP contribution in [0, 0.1) is 31.1 Å². The largest absolute Gasteiger partial charge is 0.481 e. The zero-order valence-corrected chi connectivity index (χ0v) is 31.3. The van der Waals surface area contributed by atoms with Crippen molar-refractivity contribution in [2.24, 2.45) is 17.3 Å². The number of hydrogen-bond acceptors (Lipinski definition) is 8. The molecule has 9 heteroatoms. The number of piperidine rings is 2. The van der Waals surface area contributed by atoms with Crippen molar-refractivity contribution in [1.82, 2.24) is 15.0 Å². The molecule has 3 aliphatic heterocycles. The number of rotatable bonds is 6. The first kappa shape index (κ1) is 36.6. The number of carboxylic acid groups (broad SMARTS) is 1. The van der Waals surface area contributed by atoms with Gasteiger partial charge in [-0.05, 0) is 94.2 Å². The third-order valence-corrected chi connectivity index (χ3v) is 10.1. The number of aliphatic carboxylic acids is 1. The summed E-state index contributed by atoms with van der Waals surface area (Å²) in [6.45, 7) is 24.2. The molecule has 0 bridgehead atoms. The zero-order valence-electron chi connectivity index (χ0n) is 31.3. The molecular weight excluding hydrogens is 612 g/mol. The Morgan fingerprint density at radius 2 is 1.51 bits per heavy atom. The Hall–Kier alpha value is -3.72. The number of aryl methyl sites for hydroxylation is 2. The van der Waals surface area contributed by atoms with Gasteiger partial charge in [0.2, 0.25) is 0 Å². The molecule has 2 unspecified atom stereocenters. The lowest BCUT2D eigenvalue weighted by atomic mass is 9.82. The van der Waals surface area contributed by atoms with Crippen molar-refractivity contribution in [1.29, 1.82) is 0 Å². The highest BCUT2D eigenvalue weighted by Gasteiger charge is 2.31. The standard InChI is InChI=1S/C36H48N6O2.C4H10O/c1-23-15-24(2)20-42(19-23)32-18-31(37-22-38-32)41-12-9-27-16-28(7-8-29(27)21-41)34-26(4)39-25(3)30(17-33(43)44)35(34)40-13-10-36(5,6)11-14-40;1-4(2,3)5/h7-8,16,18,22-24H,9-15,17,19-21H2,1-6H3,(H,43,44);5H,1-3H3. The number of hydrogen-bond donors (Lipinski definition) is 2. The van der Waals surface area contributed by atoms with Crippen molar-refractivity contribution in [2.45, 2.75) is 107 Å². The van der Waals surface area contributed by atoms with Gasteiger partial charge in [0.05, 0.1) is 17.7 Å². The Labute approximate surface area is 293 Å². The average molecular weight is 671 g/mol. The quantitative estimate of drug-likeness (QED) is 0.281. The van der Waals surface area contributed by atoms with Crippen LogP contribution in [0.15, 0.2) is 30.6 Å². The molecule has 49 heavy (non-hydrogen) atoms. The third-order valence-electron chi connectivity index (χ3n) is 10.1. The van der Waals surface area contributed by atoms with Gasteiger partial charge in [0.1, 0.15) is 18.0 Å². The van der Waals surface area contributed by atoms with Crippen LogP contribution in [0.4, 0.5) is 17.3 Å². The Kier molecular flexibility index (Phi) is 10.9. The molecule has 0 radical (unpaired) electrons. The first-order valence-corrected chi connectivity index (χ1v) is 18.1. The van der Waals surface area contributed by atoms with E-state index in [0.717, 1.165) is 104 Å². The fourth-order valence-electron chi connectivity index (χ4n) is 7.70. The molecule has 2 atom stereocenters. The zero-order chi connectivity index (χ0) is 35.7. The highest BCUT2D eigenvalue weighted by molar-refractivity contribution is 5.86. The van der Waals surface area contributed by atoms with Gasteiger partial charge in [-0.2, -0.15) is 0 Å². The average Bonchev–Trinajstić information content (AvgIpc) is 3.00. The van der Waals surface area contributed by atoms with Crippen LogP contribution < -0.4 is 14.7 Å². The molecule has 0 amide bonds. The molecule has 266 valence electrons. The van der Waals surface area contributed by atoms with Gasteiger partial charge in [0, 0.05) is 67.8 Å². The second-order valence-corrected chi connectivity index (χ2v) is 16.6. The summed E-state index contributed by atoms with van der Waals surface area (Å²) >= 11 is 0. The molecule has 6 rings (SSSR count). The SMILES string of the molecule is CC(C)(C)O.Cc1nc(C)c(-c2ccc3c(c2)CCN(c2cc(N4CC(C)CC(C)C4)ncn2)C3)c(N2CCC(C)(C)CC2)c1CC(=O)O. The summed E-state index contributed by atoms with van der Waals surface area (Å²) in [5, 5.41) is 18.4. The number of fused-ring (bicyclic) bond motifs is 1. The molecule has 3 aromatic rings. The van der Waals surface area contributed by atoms with Crippen molar-refractivity contribution in [3.05, 3.63) is 58.7 Å². The maximum atomic E-state index is 12.0. The lowest BCUT2D eigenvalue weighted by molar-refractivity contribution is -0.136. The predicted octanol–water partition coefficient (Wildman–Crippen LogP) is 7.23. The van der Waals surface area contributed by atoms with Crippen molar-refractivity contribution >= 4 is 23.3 Å². The van der Waals surface area contributed by atoms with Gasteiger partial charge in [-0.15, -0.1) is 0 Å². The van der Waals surface area contributed by atoms with Gasteiger partial charge in [0.15, 0.2) is 0 Å². The highest BCUT2D eigenvalue weighted by Crippen LogP contribution is 2.42. The predicted molar refractivity (Wildman–Crippen MR) is 200 cm³/mol. The van der Waals surface area contributed by atoms with Crippen molar-refractivity contribution < 1.29 is 15.0 Å². The van der Waals surface area contributed by atoms with Gasteiger partial charge in [-0.1, -0.05) is 45.9 Å². The monoisotopic (exact) mass is 670 g/mol. The number of anilines is 3. The van der Waals surface area contributed by atoms with E-state index in [1.54, 1.807) is 27.1 Å². The molecule has 0 aliphatic carbocycles. The Morgan fingerprint density at radius 1 is 0.898 bits per heavy atom. The Morgan fingerprint density at radius 3 is 2.12 bits per heavy atom. The molecule has 0 saturated carbocycles. The molecule has 2 aromatic heterocycles. The second-order valence-electron chi connectivity index (χ2n) is 16.6. The number of benzene rings is 1. The number of pyridine rings is 1. The molecule has 0 spiro atoms. The first-order valence-electron chi connectivity index (χ1n) is 18.1. The summed E-state index contributed by atoms with van der Waals surface area (Å²) in [6, 6.07) is 8.97. The van der Waals surface area contributed by atoms with Gasteiger partial charge in [-0.25, -0.2) is 9.97 Å². The molecule has 5 heterocycles. The minimum absolute atomic E-state index is 0.0165. The van der Waals surface area contributed by atoms with Crippen LogP contribution in [-0.2, 0) is 24.2 Å². The van der Waals surface area contributed by atoms with E-state index < -0.39 is 11.6 Å². The van der Waals surface area contributed by atoms with E-state index in [0.29, 0.717) is 17.3 Å². The highest BCUT2D eigenvalue weighted by atomic mass is 16.4. The fraction of sp³-hybridized carbons (Fsp3) is 0.600. The van der Waals surface area contributed by atoms with E-state index in [2.05, 4.69) is 83.6 Å². The van der Waals surface area contributed by atoms with Gasteiger partial charge < -0.3 is 24.9 Å². The number of carbonyl (C=O) groups is 1. The van der Waals surface area contributed by atoms with E-state index in [-0.39, 0.29) is 6.42 Å². The molecule has 2 saturated heterocycles. The summed E-state index contributed by atoms with van der Waals surface area (Å²) < 4.78 is 0. The lowest BCUT2D eigenvalue weighted by Gasteiger charge is -2.40. The molecule has 9 nitrogen and oxygen atoms in total. The maximum Gasteiger partial charge on any atom is 0.307 e. The molecule has 1 aromatic carbocycles. The van der Waals surface area contributed by atoms with Crippen LogP contribution >= 0.6 is 0 Å². The first-order chi connectivity index (χ1) is 23.0. The summed E-state index contributed by atoms with van der Waals surface area (Å²) in [5.74, 6) is 2.54. The van der Waals surface area contributed by atoms with Crippen LogP contribution in [-0.4, -0.2) is 69.5 Å². The Bertz CT molecular complexity index is 1620. The van der Waals surface area contributed by atoms with Crippen LogP contribution in [0.1, 0.15) is 95.8 Å². The van der Waals surface area contributed by atoms with E-state index in [1.165, 1.54) is 17.5 Å². The summed E-state index contributed by atoms with van der Waals surface area (Å²) in [4.78, 5) is 33.5. The van der Waals surface area contributed by atoms with Crippen LogP contribution in [0.25, 0.3) is 11.1 Å². The van der Waals surface area contributed by atoms with Gasteiger partial charge >= 0.3 is 5.97 Å². The van der Waals surface area contributed by atoms with Crippen molar-refractivity contribution in [2.75, 3.05) is 47.4 Å². The smallest absolute Gasteiger partial charge is 0.307 e. The van der Waals surface area contributed by atoms with E-state index in [9.17, 15) is 9.90 Å². The summed E-state index contributed by atoms with van der Waals surface area (Å²) in [7, 11) is 0. The topological polar surface area (TPSA) is 106 Å². The maximum absolute atomic E-state index is 12.0. The fourth-order valence-corrected chi connectivity index (χ4v) is 7.70. The van der Waals surface area contributed by atoms with Gasteiger partial charge in [-0.3, -0.25) is 9.78 Å². The van der Waals surface area contributed by atoms with Crippen LogP contribution in [0.3, 0.4) is 0 Å². The van der Waals surface area contributed by atoms with E-state index >= 15 is 0 Å². The summed E-state index contributed by atoms with van der Waals surface area (Å²) in [5.41, 5.74) is 8.37.